The molecule has 2 saturated carbocycles. The van der Waals surface area contributed by atoms with Crippen LogP contribution in [0.5, 0.6) is 0 Å². The number of rotatable bonds is 6. The fourth-order valence-electron chi connectivity index (χ4n) is 7.62. The van der Waals surface area contributed by atoms with Crippen molar-refractivity contribution in [2.45, 2.75) is 59.0 Å². The molecule has 0 spiro atoms. The van der Waals surface area contributed by atoms with Crippen molar-refractivity contribution in [1.82, 2.24) is 0 Å². The molecule has 5 heteroatoms. The van der Waals surface area contributed by atoms with Crippen LogP contribution >= 0.6 is 0 Å². The summed E-state index contributed by atoms with van der Waals surface area (Å²) in [6.07, 6.45) is 13.3. The van der Waals surface area contributed by atoms with Crippen LogP contribution in [0.15, 0.2) is 66.3 Å². The molecule has 0 aromatic heterocycles. The predicted molar refractivity (Wildman–Crippen MR) is 148 cm³/mol. The summed E-state index contributed by atoms with van der Waals surface area (Å²) in [5.41, 5.74) is 3.91. The highest BCUT2D eigenvalue weighted by molar-refractivity contribution is 5.88. The van der Waals surface area contributed by atoms with Gasteiger partial charge in [0, 0.05) is 12.9 Å². The van der Waals surface area contributed by atoms with Crippen molar-refractivity contribution in [3.63, 3.8) is 0 Å². The van der Waals surface area contributed by atoms with Gasteiger partial charge in [0.25, 0.3) is 0 Å². The van der Waals surface area contributed by atoms with Gasteiger partial charge in [0.15, 0.2) is 0 Å². The third kappa shape index (κ3) is 5.17. The van der Waals surface area contributed by atoms with Crippen LogP contribution in [0.4, 0.5) is 4.39 Å². The highest BCUT2D eigenvalue weighted by atomic mass is 19.1. The number of halogens is 1. The van der Waals surface area contributed by atoms with Crippen LogP contribution in [0.1, 0.15) is 59.9 Å². The van der Waals surface area contributed by atoms with E-state index in [1.165, 1.54) is 11.6 Å². The van der Waals surface area contributed by atoms with E-state index in [1.54, 1.807) is 12.1 Å². The summed E-state index contributed by atoms with van der Waals surface area (Å²) in [5, 5.41) is 0. The molecule has 0 N–H and O–H groups in total. The Bertz CT molecular complexity index is 1200. The topological polar surface area (TPSA) is 52.6 Å². The van der Waals surface area contributed by atoms with E-state index in [1.807, 2.05) is 19.9 Å². The highest BCUT2D eigenvalue weighted by Gasteiger charge is 2.54. The van der Waals surface area contributed by atoms with Crippen molar-refractivity contribution in [3.05, 3.63) is 77.7 Å². The highest BCUT2D eigenvalue weighted by Crippen LogP contribution is 2.55. The maximum atomic E-state index is 13.8. The predicted octanol–water partition coefficient (Wildman–Crippen LogP) is 7.33. The molecule has 3 fully saturated rings. The van der Waals surface area contributed by atoms with Gasteiger partial charge in [-0.25, -0.2) is 9.18 Å². The summed E-state index contributed by atoms with van der Waals surface area (Å²) in [6.45, 7) is 10.5. The van der Waals surface area contributed by atoms with Gasteiger partial charge in [0.05, 0.1) is 12.5 Å². The lowest BCUT2D eigenvalue weighted by Crippen LogP contribution is -2.44. The average molecular weight is 521 g/mol. The number of hydrogen-bond donors (Lipinski definition) is 0. The molecule has 5 rings (SSSR count). The number of carbonyl (C=O) groups is 2. The molecule has 1 heterocycles. The van der Waals surface area contributed by atoms with Crippen LogP contribution in [0.3, 0.4) is 0 Å². The normalized spacial score (nSPS) is 34.6. The van der Waals surface area contributed by atoms with Crippen LogP contribution in [-0.4, -0.2) is 24.6 Å². The zero-order chi connectivity index (χ0) is 27.0. The van der Waals surface area contributed by atoms with Crippen LogP contribution in [0.25, 0.3) is 5.57 Å². The summed E-state index contributed by atoms with van der Waals surface area (Å²) >= 11 is 0. The number of hydrogen-bond acceptors (Lipinski definition) is 4. The third-order valence-corrected chi connectivity index (χ3v) is 9.42. The molecule has 1 saturated heterocycles. The Morgan fingerprint density at radius 3 is 2.79 bits per heavy atom. The first-order valence-electron chi connectivity index (χ1n) is 14.2. The molecule has 0 amide bonds. The molecule has 1 unspecified atom stereocenters. The molecule has 0 radical (unpaired) electrons. The van der Waals surface area contributed by atoms with Crippen molar-refractivity contribution in [2.24, 2.45) is 41.4 Å². The molecule has 3 aliphatic carbocycles. The standard InChI is InChI=1S/C33H39FO4.H2/c1-5-37-32(35)20(3)23-11-14-28-25(16-23)18-30-31(21(4)38-33(30)36)29(28)13-10-22-9-12-27(19(2)15-22)24-7-6-8-26(34)17-24;/h6-10,12-13,17,19,21,23,25,28-31H,3,5,11,14-16,18H2,1-2,4H3;1H/b13-10+;/t19?,21-,23+,25+,28-,29+,30+,31+;/m0./s1. The Hall–Kier alpha value is -2.95. The van der Waals surface area contributed by atoms with Crippen molar-refractivity contribution in [2.75, 3.05) is 6.61 Å². The maximum absolute atomic E-state index is 13.8. The fraction of sp³-hybridized carbons (Fsp3) is 0.515. The molecule has 8 atom stereocenters. The average Bonchev–Trinajstić information content (AvgIpc) is 3.18. The summed E-state index contributed by atoms with van der Waals surface area (Å²) in [5.74, 6) is 0.976. The molecule has 204 valence electrons. The molecular weight excluding hydrogens is 479 g/mol. The Labute approximate surface area is 227 Å². The van der Waals surface area contributed by atoms with E-state index >= 15 is 0 Å². The van der Waals surface area contributed by atoms with E-state index in [-0.39, 0.29) is 54.9 Å². The second-order valence-corrected chi connectivity index (χ2v) is 11.7. The molecule has 0 bridgehead atoms. The van der Waals surface area contributed by atoms with E-state index in [9.17, 15) is 14.0 Å². The first-order valence-corrected chi connectivity index (χ1v) is 14.2. The monoisotopic (exact) mass is 520 g/mol. The first kappa shape index (κ1) is 26.6. The minimum absolute atomic E-state index is 0. The van der Waals surface area contributed by atoms with Gasteiger partial charge in [-0.15, -0.1) is 0 Å². The molecule has 1 aromatic carbocycles. The molecular formula is C33H41FO4. The van der Waals surface area contributed by atoms with Crippen molar-refractivity contribution < 1.29 is 24.9 Å². The number of ether oxygens (including phenoxy) is 2. The Morgan fingerprint density at radius 2 is 2.05 bits per heavy atom. The molecule has 4 aliphatic rings. The third-order valence-electron chi connectivity index (χ3n) is 9.42. The van der Waals surface area contributed by atoms with E-state index in [2.05, 4.69) is 37.8 Å². The summed E-state index contributed by atoms with van der Waals surface area (Å²) in [4.78, 5) is 25.1. The van der Waals surface area contributed by atoms with Gasteiger partial charge >= 0.3 is 11.9 Å². The zero-order valence-corrected chi connectivity index (χ0v) is 22.7. The summed E-state index contributed by atoms with van der Waals surface area (Å²) < 4.78 is 24.7. The van der Waals surface area contributed by atoms with Crippen molar-refractivity contribution >= 4 is 17.5 Å². The smallest absolute Gasteiger partial charge is 0.333 e. The van der Waals surface area contributed by atoms with E-state index in [0.29, 0.717) is 24.0 Å². The number of benzene rings is 1. The number of fused-ring (bicyclic) bond motifs is 2. The Morgan fingerprint density at radius 1 is 1.24 bits per heavy atom. The van der Waals surface area contributed by atoms with Crippen LogP contribution in [-0.2, 0) is 19.1 Å². The zero-order valence-electron chi connectivity index (χ0n) is 22.7. The minimum atomic E-state index is -0.293. The lowest BCUT2D eigenvalue weighted by molar-refractivity contribution is -0.145. The number of carbonyl (C=O) groups excluding carboxylic acids is 2. The molecule has 1 aliphatic heterocycles. The first-order chi connectivity index (χ1) is 18.3. The van der Waals surface area contributed by atoms with Crippen LogP contribution in [0, 0.1) is 47.2 Å². The number of cyclic esters (lactones) is 1. The van der Waals surface area contributed by atoms with Gasteiger partial charge in [0.2, 0.25) is 0 Å². The van der Waals surface area contributed by atoms with E-state index in [4.69, 9.17) is 9.47 Å². The minimum Gasteiger partial charge on any atom is -0.463 e. The van der Waals surface area contributed by atoms with Gasteiger partial charge in [-0.2, -0.15) is 0 Å². The molecule has 1 aromatic rings. The Balaban J connectivity index is 0.00000353. The van der Waals surface area contributed by atoms with E-state index in [0.717, 1.165) is 43.2 Å². The molecule has 38 heavy (non-hydrogen) atoms. The van der Waals surface area contributed by atoms with Crippen LogP contribution in [0.2, 0.25) is 0 Å². The maximum Gasteiger partial charge on any atom is 0.333 e. The van der Waals surface area contributed by atoms with Gasteiger partial charge < -0.3 is 9.47 Å². The number of allylic oxidation sites excluding steroid dienone is 6. The second kappa shape index (κ2) is 11.0. The summed E-state index contributed by atoms with van der Waals surface area (Å²) in [6, 6.07) is 6.81. The fourth-order valence-corrected chi connectivity index (χ4v) is 7.62. The van der Waals surface area contributed by atoms with Gasteiger partial charge in [-0.1, -0.05) is 49.9 Å². The summed E-state index contributed by atoms with van der Waals surface area (Å²) in [7, 11) is 0. The SMILES string of the molecule is C=C(C(=O)OCC)[C@@H]1CC[C@H]2[C@H](C1)C[C@H]1C(=O)O[C@@H](C)[C@@H]1[C@@H]2/C=C/C1=CC=C(c2cccc(F)c2)C(C)C1.[HH]. The lowest BCUT2D eigenvalue weighted by Gasteiger charge is -2.47. The lowest BCUT2D eigenvalue weighted by atomic mass is 9.55. The van der Waals surface area contributed by atoms with Gasteiger partial charge in [0.1, 0.15) is 11.9 Å². The van der Waals surface area contributed by atoms with Crippen molar-refractivity contribution in [1.29, 1.82) is 0 Å². The van der Waals surface area contributed by atoms with Gasteiger partial charge in [-0.3, -0.25) is 4.79 Å². The quantitative estimate of drug-likeness (QED) is 0.291. The molecule has 4 nitrogen and oxygen atoms in total. The van der Waals surface area contributed by atoms with Crippen molar-refractivity contribution in [3.8, 4) is 0 Å². The van der Waals surface area contributed by atoms with Crippen LogP contribution < -0.4 is 0 Å². The van der Waals surface area contributed by atoms with Gasteiger partial charge in [-0.05, 0) is 104 Å². The Kier molecular flexibility index (Phi) is 7.74. The van der Waals surface area contributed by atoms with E-state index < -0.39 is 0 Å². The second-order valence-electron chi connectivity index (χ2n) is 11.7. The number of esters is 2. The largest absolute Gasteiger partial charge is 0.463 e.